The summed E-state index contributed by atoms with van der Waals surface area (Å²) in [5.41, 5.74) is 3.21. The first kappa shape index (κ1) is 48.2. The predicted octanol–water partition coefficient (Wildman–Crippen LogP) is 9.30. The van der Waals surface area contributed by atoms with Gasteiger partial charge in [0.25, 0.3) is 5.69 Å². The minimum absolute atomic E-state index is 0.00680. The number of aliphatic hydroxyl groups excluding tert-OH is 2. The second-order valence-corrected chi connectivity index (χ2v) is 18.7. The molecule has 0 radical (unpaired) electrons. The molecule has 9 rings (SSSR count). The number of nitrogens with zero attached hydrogens (tertiary/aromatic N) is 4. The Bertz CT molecular complexity index is 2480. The molecule has 366 valence electrons. The van der Waals surface area contributed by atoms with E-state index in [0.717, 1.165) is 91.4 Å². The van der Waals surface area contributed by atoms with Gasteiger partial charge < -0.3 is 38.7 Å². The first-order valence-corrected chi connectivity index (χ1v) is 24.7. The van der Waals surface area contributed by atoms with E-state index in [-0.39, 0.29) is 62.0 Å². The summed E-state index contributed by atoms with van der Waals surface area (Å²) in [7, 11) is 0. The minimum Gasteiger partial charge on any atom is -0.492 e. The number of amides is 1. The maximum absolute atomic E-state index is 15.4. The number of benzene rings is 4. The number of nitro benzene ring substituents is 1. The molecule has 4 aromatic rings. The van der Waals surface area contributed by atoms with Gasteiger partial charge in [-0.2, -0.15) is 0 Å². The number of allylic oxidation sites excluding steroid dienone is 1. The lowest BCUT2D eigenvalue weighted by Crippen LogP contribution is -2.70. The normalized spacial score (nSPS) is 25.4. The second-order valence-electron chi connectivity index (χ2n) is 18.7. The Morgan fingerprint density at radius 1 is 0.971 bits per heavy atom. The van der Waals surface area contributed by atoms with E-state index in [2.05, 4.69) is 23.6 Å². The van der Waals surface area contributed by atoms with Crippen LogP contribution in [0.3, 0.4) is 0 Å². The van der Waals surface area contributed by atoms with E-state index in [1.165, 1.54) is 24.3 Å². The average Bonchev–Trinajstić information content (AvgIpc) is 4.20. The van der Waals surface area contributed by atoms with Gasteiger partial charge >= 0.3 is 6.09 Å². The zero-order valence-electron chi connectivity index (χ0n) is 39.2. The van der Waals surface area contributed by atoms with Crippen LogP contribution in [-0.2, 0) is 20.9 Å². The maximum atomic E-state index is 15.4. The molecule has 0 spiro atoms. The van der Waals surface area contributed by atoms with E-state index in [9.17, 15) is 20.3 Å². The number of hydrogen-bond donors (Lipinski definition) is 2. The van der Waals surface area contributed by atoms with Crippen LogP contribution in [0.5, 0.6) is 17.2 Å². The summed E-state index contributed by atoms with van der Waals surface area (Å²) < 4.78 is 33.4. The Hall–Kier alpha value is -5.84. The van der Waals surface area contributed by atoms with Crippen molar-refractivity contribution in [3.8, 4) is 17.2 Å². The van der Waals surface area contributed by atoms with Crippen molar-refractivity contribution in [1.82, 2.24) is 9.80 Å². The monoisotopic (exact) mass is 944 g/mol. The molecule has 3 fully saturated rings. The smallest absolute Gasteiger partial charge is 0.416 e. The summed E-state index contributed by atoms with van der Waals surface area (Å²) in [6, 6.07) is 24.5. The molecule has 7 atom stereocenters. The molecular weight excluding hydrogens is 881 g/mol. The number of carbonyl (C=O) groups excluding carboxylic acids is 1. The highest BCUT2D eigenvalue weighted by Crippen LogP contribution is 2.62. The summed E-state index contributed by atoms with van der Waals surface area (Å²) in [5.74, 6) is -0.900. The Balaban J connectivity index is 1.24. The number of non-ortho nitro benzene ring substituents is 1. The molecule has 1 saturated carbocycles. The summed E-state index contributed by atoms with van der Waals surface area (Å²) >= 11 is 0. The van der Waals surface area contributed by atoms with Crippen molar-refractivity contribution in [1.29, 1.82) is 0 Å². The van der Waals surface area contributed by atoms with Crippen LogP contribution in [0.4, 0.5) is 10.5 Å². The Morgan fingerprint density at radius 2 is 1.75 bits per heavy atom. The van der Waals surface area contributed by atoms with Gasteiger partial charge in [0.1, 0.15) is 29.9 Å². The van der Waals surface area contributed by atoms with Crippen LogP contribution in [0.1, 0.15) is 81.3 Å². The number of fused-ring (bicyclic) bond motifs is 3. The van der Waals surface area contributed by atoms with Crippen LogP contribution < -0.4 is 14.2 Å². The van der Waals surface area contributed by atoms with Crippen molar-refractivity contribution in [2.24, 2.45) is 22.9 Å². The van der Waals surface area contributed by atoms with Crippen LogP contribution in [0.2, 0.25) is 0 Å². The maximum Gasteiger partial charge on any atom is 0.416 e. The third kappa shape index (κ3) is 10.8. The standard InChI is InChI=1S/C54H64N4O11/c1-2-30-66-54-49(57(36-39-15-11-14-37-12-3-4-16-43(37)39)53(61)67-41-21-19-40(20-22-41)58(62)63)35-47(55-69-50-18-7-10-31-65-50)45-33-38(13-5-8-28-59)44(17-6-9-29-60)51(52(45)54)46-34-42(23-24-48(46)68-54)64-32-27-56-25-26-56/h2-4,11-12,14-16,19-24,33-34,38,44,49-52,59-60H,1,5-10,13,17-18,25-32,35-36H2. The van der Waals surface area contributed by atoms with Crippen LogP contribution in [-0.4, -0.2) is 108 Å². The quantitative estimate of drug-likeness (QED) is 0.0252. The van der Waals surface area contributed by atoms with Crippen molar-refractivity contribution >= 4 is 28.3 Å². The van der Waals surface area contributed by atoms with Crippen LogP contribution in [0.25, 0.3) is 10.8 Å². The van der Waals surface area contributed by atoms with Crippen molar-refractivity contribution in [3.05, 3.63) is 130 Å². The Morgan fingerprint density at radius 3 is 2.51 bits per heavy atom. The number of ether oxygens (including phenoxy) is 5. The van der Waals surface area contributed by atoms with Gasteiger partial charge in [0.15, 0.2) is 0 Å². The molecule has 15 nitrogen and oxygen atoms in total. The number of carbonyl (C=O) groups is 1. The highest BCUT2D eigenvalue weighted by atomic mass is 16.8. The summed E-state index contributed by atoms with van der Waals surface area (Å²) in [4.78, 5) is 36.8. The highest BCUT2D eigenvalue weighted by Gasteiger charge is 2.66. The topological polar surface area (TPSA) is 175 Å². The molecule has 69 heavy (non-hydrogen) atoms. The van der Waals surface area contributed by atoms with Gasteiger partial charge in [0.05, 0.1) is 36.3 Å². The largest absolute Gasteiger partial charge is 0.492 e. The minimum atomic E-state index is -1.57. The molecule has 5 aliphatic rings. The van der Waals surface area contributed by atoms with Gasteiger partial charge in [-0.1, -0.05) is 72.6 Å². The van der Waals surface area contributed by atoms with Crippen LogP contribution in [0.15, 0.2) is 114 Å². The molecule has 1 amide bonds. The molecule has 15 heteroatoms. The summed E-state index contributed by atoms with van der Waals surface area (Å²) in [5, 5.41) is 38.7. The lowest BCUT2D eigenvalue weighted by Gasteiger charge is -2.60. The molecule has 0 aromatic heterocycles. The van der Waals surface area contributed by atoms with E-state index >= 15 is 4.79 Å². The first-order chi connectivity index (χ1) is 33.8. The third-order valence-electron chi connectivity index (χ3n) is 14.4. The molecule has 2 aliphatic carbocycles. The number of nitro groups is 1. The zero-order valence-corrected chi connectivity index (χ0v) is 39.2. The Kier molecular flexibility index (Phi) is 15.6. The van der Waals surface area contributed by atoms with Gasteiger partial charge in [-0.05, 0) is 103 Å². The lowest BCUT2D eigenvalue weighted by molar-refractivity contribution is -0.384. The molecule has 4 aromatic carbocycles. The zero-order chi connectivity index (χ0) is 47.7. The van der Waals surface area contributed by atoms with Crippen LogP contribution >= 0.6 is 0 Å². The van der Waals surface area contributed by atoms with E-state index < -0.39 is 35.1 Å². The molecule has 2 saturated heterocycles. The SMILES string of the molecule is C=CCOC12Oc3ccc(OCCN4CC4)cc3C3C(CCCCO)C(CCCCO)C=C(C(=NOC4CCCCO4)CC1N(Cc1cccc4ccccc14)C(=O)Oc1ccc([N+](=O)[O-])cc1)C32. The molecule has 3 heterocycles. The van der Waals surface area contributed by atoms with E-state index in [4.69, 9.17) is 33.7 Å². The van der Waals surface area contributed by atoms with E-state index in [0.29, 0.717) is 43.9 Å². The summed E-state index contributed by atoms with van der Waals surface area (Å²) in [6.45, 7) is 8.45. The number of hydrogen-bond acceptors (Lipinski definition) is 13. The van der Waals surface area contributed by atoms with Gasteiger partial charge in [0.2, 0.25) is 12.1 Å². The molecule has 2 N–H and O–H groups in total. The van der Waals surface area contributed by atoms with Gasteiger partial charge in [-0.3, -0.25) is 19.9 Å². The van der Waals surface area contributed by atoms with Crippen molar-refractivity contribution in [3.63, 3.8) is 0 Å². The predicted molar refractivity (Wildman–Crippen MR) is 260 cm³/mol. The fraction of sp³-hybridized carbons (Fsp3) is 0.481. The van der Waals surface area contributed by atoms with E-state index in [1.807, 2.05) is 54.6 Å². The van der Waals surface area contributed by atoms with Gasteiger partial charge in [-0.25, -0.2) is 4.79 Å². The van der Waals surface area contributed by atoms with Crippen LogP contribution in [0, 0.1) is 27.9 Å². The first-order valence-electron chi connectivity index (χ1n) is 24.7. The fourth-order valence-electron chi connectivity index (χ4n) is 11.0. The van der Waals surface area contributed by atoms with Crippen molar-refractivity contribution in [2.75, 3.05) is 52.7 Å². The second kappa shape index (κ2) is 22.3. The molecule has 0 bridgehead atoms. The average molecular weight is 945 g/mol. The number of aliphatic hydroxyl groups is 2. The van der Waals surface area contributed by atoms with E-state index in [1.54, 1.807) is 11.0 Å². The summed E-state index contributed by atoms with van der Waals surface area (Å²) in [6.07, 6.45) is 9.86. The van der Waals surface area contributed by atoms with Gasteiger partial charge in [0, 0.05) is 69.3 Å². The molecule has 3 aliphatic heterocycles. The fourth-order valence-corrected chi connectivity index (χ4v) is 11.0. The molecule has 7 unspecified atom stereocenters. The number of rotatable bonds is 22. The van der Waals surface area contributed by atoms with Crippen molar-refractivity contribution < 1.29 is 48.5 Å². The highest BCUT2D eigenvalue weighted by molar-refractivity contribution is 6.03. The number of oxime groups is 1. The number of unbranched alkanes of at least 4 members (excludes halogenated alkanes) is 2. The molecular formula is C54H64N4O11. The third-order valence-corrected chi connectivity index (χ3v) is 14.4. The Labute approximate surface area is 403 Å². The van der Waals surface area contributed by atoms with Gasteiger partial charge in [-0.15, -0.1) is 6.58 Å². The lowest BCUT2D eigenvalue weighted by atomic mass is 9.55. The van der Waals surface area contributed by atoms with Crippen molar-refractivity contribution in [2.45, 2.75) is 94.8 Å².